The van der Waals surface area contributed by atoms with Gasteiger partial charge in [-0.2, -0.15) is 4.37 Å². The Hall–Kier alpha value is -1.17. The number of aromatic nitrogens is 2. The molecule has 5 nitrogen and oxygen atoms in total. The number of nitrogens with one attached hydrogen (secondary N) is 1. The van der Waals surface area contributed by atoms with E-state index in [0.29, 0.717) is 18.0 Å². The van der Waals surface area contributed by atoms with Gasteiger partial charge < -0.3 is 10.4 Å². The molecule has 1 aromatic heterocycles. The number of nitrogens with zero attached hydrogens (tertiary/aromatic N) is 2. The lowest BCUT2D eigenvalue weighted by molar-refractivity contribution is -0.145. The molecule has 82 valence electrons. The van der Waals surface area contributed by atoms with E-state index < -0.39 is 11.5 Å². The van der Waals surface area contributed by atoms with Crippen molar-refractivity contribution in [1.82, 2.24) is 9.36 Å². The second-order valence-corrected chi connectivity index (χ2v) is 4.49. The Bertz CT molecular complexity index is 373. The summed E-state index contributed by atoms with van der Waals surface area (Å²) >= 11 is 1.23. The minimum absolute atomic E-state index is 0.619. The van der Waals surface area contributed by atoms with Gasteiger partial charge in [0.25, 0.3) is 0 Å². The number of aliphatic carboxylic acids is 1. The zero-order valence-electron chi connectivity index (χ0n) is 8.49. The van der Waals surface area contributed by atoms with Crippen molar-refractivity contribution >= 4 is 22.6 Å². The van der Waals surface area contributed by atoms with Crippen molar-refractivity contribution in [1.29, 1.82) is 0 Å². The molecule has 1 aromatic rings. The first-order valence-electron chi connectivity index (χ1n) is 5.00. The van der Waals surface area contributed by atoms with Crippen LogP contribution in [0.15, 0.2) is 0 Å². The molecule has 0 aromatic carbocycles. The number of carbonyl (C=O) groups is 1. The maximum atomic E-state index is 11.1. The summed E-state index contributed by atoms with van der Waals surface area (Å²) in [6, 6.07) is 0. The van der Waals surface area contributed by atoms with E-state index >= 15 is 0 Å². The molecule has 6 heteroatoms. The third-order valence-electron chi connectivity index (χ3n) is 2.75. The van der Waals surface area contributed by atoms with Crippen LogP contribution >= 0.6 is 11.5 Å². The molecule has 0 atom stereocenters. The molecule has 0 radical (unpaired) electrons. The summed E-state index contributed by atoms with van der Waals surface area (Å²) in [5.74, 6) is -0.0237. The van der Waals surface area contributed by atoms with Crippen molar-refractivity contribution in [3.05, 3.63) is 5.82 Å². The van der Waals surface area contributed by atoms with E-state index in [1.165, 1.54) is 11.5 Å². The van der Waals surface area contributed by atoms with Crippen LogP contribution in [-0.4, -0.2) is 26.0 Å². The van der Waals surface area contributed by atoms with E-state index in [1.807, 2.05) is 6.92 Å². The molecule has 0 bridgehead atoms. The molecule has 2 rings (SSSR count). The summed E-state index contributed by atoms with van der Waals surface area (Å²) < 4.78 is 4.11. The van der Waals surface area contributed by atoms with Crippen molar-refractivity contribution in [2.24, 2.45) is 0 Å². The van der Waals surface area contributed by atoms with Gasteiger partial charge in [-0.05, 0) is 19.3 Å². The molecule has 1 saturated carbocycles. The summed E-state index contributed by atoms with van der Waals surface area (Å²) in [5.41, 5.74) is -0.787. The van der Waals surface area contributed by atoms with Crippen LogP contribution in [0.1, 0.15) is 32.0 Å². The number of carboxylic acids is 1. The van der Waals surface area contributed by atoms with Gasteiger partial charge in [0.1, 0.15) is 11.4 Å². The standard InChI is InChI=1S/C9H13N3O2S/c1-2-6-10-8(15-12-6)11-9(7(13)14)4-3-5-9/h2-5H2,1H3,(H,13,14)(H,10,11,12). The molecule has 0 saturated heterocycles. The Morgan fingerprint density at radius 1 is 1.67 bits per heavy atom. The van der Waals surface area contributed by atoms with E-state index in [4.69, 9.17) is 5.11 Å². The Kier molecular flexibility index (Phi) is 2.60. The highest BCUT2D eigenvalue weighted by atomic mass is 32.1. The third kappa shape index (κ3) is 1.81. The van der Waals surface area contributed by atoms with Gasteiger partial charge in [-0.15, -0.1) is 0 Å². The lowest BCUT2D eigenvalue weighted by Gasteiger charge is -2.37. The first-order valence-corrected chi connectivity index (χ1v) is 5.78. The fourth-order valence-corrected chi connectivity index (χ4v) is 2.32. The zero-order chi connectivity index (χ0) is 10.9. The zero-order valence-corrected chi connectivity index (χ0v) is 9.30. The molecule has 0 unspecified atom stereocenters. The molecule has 0 spiro atoms. The van der Waals surface area contributed by atoms with Gasteiger partial charge in [-0.3, -0.25) is 0 Å². The molecular weight excluding hydrogens is 214 g/mol. The van der Waals surface area contributed by atoms with Crippen LogP contribution in [-0.2, 0) is 11.2 Å². The van der Waals surface area contributed by atoms with Crippen LogP contribution in [0, 0.1) is 0 Å². The largest absolute Gasteiger partial charge is 0.480 e. The van der Waals surface area contributed by atoms with Crippen LogP contribution in [0.25, 0.3) is 0 Å². The van der Waals surface area contributed by atoms with Crippen LogP contribution in [0.2, 0.25) is 0 Å². The monoisotopic (exact) mass is 227 g/mol. The van der Waals surface area contributed by atoms with Gasteiger partial charge in [0.05, 0.1) is 0 Å². The molecular formula is C9H13N3O2S. The molecule has 2 N–H and O–H groups in total. The van der Waals surface area contributed by atoms with E-state index in [0.717, 1.165) is 18.7 Å². The van der Waals surface area contributed by atoms with E-state index in [1.54, 1.807) is 0 Å². The topological polar surface area (TPSA) is 75.1 Å². The lowest BCUT2D eigenvalue weighted by Crippen LogP contribution is -2.52. The number of hydrogen-bond acceptors (Lipinski definition) is 5. The Labute approximate surface area is 91.7 Å². The molecule has 15 heavy (non-hydrogen) atoms. The fraction of sp³-hybridized carbons (Fsp3) is 0.667. The van der Waals surface area contributed by atoms with Crippen molar-refractivity contribution in [2.75, 3.05) is 5.32 Å². The molecule has 1 fully saturated rings. The number of carboxylic acid groups (broad SMARTS) is 1. The van der Waals surface area contributed by atoms with Gasteiger partial charge in [0.15, 0.2) is 0 Å². The Morgan fingerprint density at radius 2 is 2.40 bits per heavy atom. The number of aryl methyl sites for hydroxylation is 1. The number of rotatable bonds is 4. The molecule has 0 amide bonds. The molecule has 1 aliphatic carbocycles. The van der Waals surface area contributed by atoms with E-state index in [2.05, 4.69) is 14.7 Å². The van der Waals surface area contributed by atoms with Crippen molar-refractivity contribution < 1.29 is 9.90 Å². The average Bonchev–Trinajstić information content (AvgIpc) is 2.58. The quantitative estimate of drug-likeness (QED) is 0.815. The molecule has 1 heterocycles. The SMILES string of the molecule is CCc1nsc(NC2(C(=O)O)CCC2)n1. The smallest absolute Gasteiger partial charge is 0.329 e. The van der Waals surface area contributed by atoms with Gasteiger partial charge in [-0.25, -0.2) is 9.78 Å². The van der Waals surface area contributed by atoms with Gasteiger partial charge in [0, 0.05) is 18.0 Å². The second kappa shape index (κ2) is 3.77. The van der Waals surface area contributed by atoms with Crippen molar-refractivity contribution in [3.63, 3.8) is 0 Å². The normalized spacial score (nSPS) is 18.2. The number of hydrogen-bond donors (Lipinski definition) is 2. The third-order valence-corrected chi connectivity index (χ3v) is 3.42. The summed E-state index contributed by atoms with van der Waals surface area (Å²) in [7, 11) is 0. The fourth-order valence-electron chi connectivity index (χ4n) is 1.58. The van der Waals surface area contributed by atoms with Gasteiger partial charge >= 0.3 is 5.97 Å². The summed E-state index contributed by atoms with van der Waals surface area (Å²) in [4.78, 5) is 15.3. The highest BCUT2D eigenvalue weighted by molar-refractivity contribution is 7.09. The highest BCUT2D eigenvalue weighted by Gasteiger charge is 2.45. The van der Waals surface area contributed by atoms with Gasteiger partial charge in [-0.1, -0.05) is 6.92 Å². The molecule has 0 aliphatic heterocycles. The minimum atomic E-state index is -0.790. The summed E-state index contributed by atoms with van der Waals surface area (Å²) in [5, 5.41) is 12.7. The summed E-state index contributed by atoms with van der Waals surface area (Å²) in [6.45, 7) is 1.97. The first kappa shape index (κ1) is 10.4. The Balaban J connectivity index is 2.10. The highest BCUT2D eigenvalue weighted by Crippen LogP contribution is 2.35. The van der Waals surface area contributed by atoms with Gasteiger partial charge in [0.2, 0.25) is 5.13 Å². The van der Waals surface area contributed by atoms with E-state index in [9.17, 15) is 4.79 Å². The second-order valence-electron chi connectivity index (χ2n) is 3.74. The predicted octanol–water partition coefficient (Wildman–Crippen LogP) is 1.52. The summed E-state index contributed by atoms with van der Waals surface area (Å²) in [6.07, 6.45) is 3.07. The van der Waals surface area contributed by atoms with Crippen LogP contribution < -0.4 is 5.32 Å². The average molecular weight is 227 g/mol. The number of anilines is 1. The Morgan fingerprint density at radius 3 is 2.80 bits per heavy atom. The molecule has 1 aliphatic rings. The van der Waals surface area contributed by atoms with Crippen LogP contribution in [0.4, 0.5) is 5.13 Å². The van der Waals surface area contributed by atoms with Crippen LogP contribution in [0.5, 0.6) is 0 Å². The minimum Gasteiger partial charge on any atom is -0.480 e. The van der Waals surface area contributed by atoms with E-state index in [-0.39, 0.29) is 0 Å². The lowest BCUT2D eigenvalue weighted by atomic mass is 9.77. The van der Waals surface area contributed by atoms with Crippen molar-refractivity contribution in [2.45, 2.75) is 38.1 Å². The predicted molar refractivity (Wildman–Crippen MR) is 57.1 cm³/mol. The van der Waals surface area contributed by atoms with Crippen LogP contribution in [0.3, 0.4) is 0 Å². The maximum Gasteiger partial charge on any atom is 0.329 e. The first-order chi connectivity index (χ1) is 7.16. The van der Waals surface area contributed by atoms with Crippen molar-refractivity contribution in [3.8, 4) is 0 Å². The maximum absolute atomic E-state index is 11.1.